The molecule has 13 amide bonds. The highest BCUT2D eigenvalue weighted by Gasteiger charge is 2.44. The Balaban J connectivity index is 2.81. The number of nitrogens with two attached hydrogens (primary N) is 3. The van der Waals surface area contributed by atoms with Gasteiger partial charge in [0.1, 0.15) is 53.7 Å². The number of unbranched alkanes of at least 4 members (excludes halogenated alkanes) is 5. The first-order chi connectivity index (χ1) is 37.0. The molecule has 16 N–H and O–H groups in total. The van der Waals surface area contributed by atoms with Gasteiger partial charge in [-0.25, -0.2) is 0 Å². The van der Waals surface area contributed by atoms with Crippen molar-refractivity contribution in [1.29, 1.82) is 0 Å². The second-order valence-electron chi connectivity index (χ2n) is 20.3. The molecule has 0 bridgehead atoms. The second kappa shape index (κ2) is 32.4. The number of nitrogens with zero attached hydrogens (tertiary/aromatic N) is 2. The summed E-state index contributed by atoms with van der Waals surface area (Å²) in [6, 6.07) is -12.9. The van der Waals surface area contributed by atoms with Crippen molar-refractivity contribution < 1.29 is 72.5 Å². The number of aliphatic hydroxyl groups is 2. The fourth-order valence-electron chi connectivity index (χ4n) is 8.89. The number of hydrogen-bond donors (Lipinski definition) is 13. The number of amides is 13. The highest BCUT2D eigenvalue weighted by molar-refractivity contribution is 6.05. The molecule has 2 fully saturated rings. The molecule has 0 aromatic carbocycles. The van der Waals surface area contributed by atoms with Crippen molar-refractivity contribution in [2.75, 3.05) is 13.6 Å². The van der Waals surface area contributed by atoms with Crippen LogP contribution in [0.5, 0.6) is 0 Å². The van der Waals surface area contributed by atoms with Crippen LogP contribution in [0.15, 0.2) is 23.5 Å². The highest BCUT2D eigenvalue weighted by Crippen LogP contribution is 2.24. The number of nitrogens with one attached hydrogen (secondary N) is 8. The minimum Gasteiger partial charge on any atom is -0.391 e. The molecule has 11 atom stereocenters. The van der Waals surface area contributed by atoms with E-state index in [0.717, 1.165) is 75.0 Å². The lowest BCUT2D eigenvalue weighted by Crippen LogP contribution is -2.62. The predicted molar refractivity (Wildman–Crippen MR) is 283 cm³/mol. The van der Waals surface area contributed by atoms with E-state index in [0.29, 0.717) is 12.8 Å². The van der Waals surface area contributed by atoms with Crippen LogP contribution in [0.25, 0.3) is 0 Å². The molecular formula is C51H83N13O15. The molecule has 28 heteroatoms. The minimum absolute atomic E-state index is 0.0557. The average Bonchev–Trinajstić information content (AvgIpc) is 3.88. The van der Waals surface area contributed by atoms with Crippen molar-refractivity contribution in [1.82, 2.24) is 52.3 Å². The normalized spacial score (nSPS) is 27.3. The molecule has 0 spiro atoms. The summed E-state index contributed by atoms with van der Waals surface area (Å²) in [6.07, 6.45) is 2.07. The Kier molecular flexibility index (Phi) is 27.7. The van der Waals surface area contributed by atoms with E-state index in [1.54, 1.807) is 20.8 Å². The molecule has 0 saturated carbocycles. The Morgan fingerprint density at radius 1 is 0.633 bits per heavy atom. The lowest BCUT2D eigenvalue weighted by Gasteiger charge is -2.36. The number of rotatable bonds is 16. The third-order valence-electron chi connectivity index (χ3n) is 13.6. The lowest BCUT2D eigenvalue weighted by atomic mass is 9.90. The number of hydrogen-bond acceptors (Lipinski definition) is 15. The Morgan fingerprint density at radius 3 is 1.65 bits per heavy atom. The van der Waals surface area contributed by atoms with E-state index < -0.39 is 180 Å². The molecule has 2 saturated heterocycles. The molecule has 0 aliphatic carbocycles. The van der Waals surface area contributed by atoms with Crippen LogP contribution in [0.4, 0.5) is 0 Å². The number of aliphatic hydroxyl groups excluding tert-OH is 2. The number of carbonyl (C=O) groups is 13. The first kappa shape index (κ1) is 67.6. The molecule has 2 aliphatic heterocycles. The zero-order chi connectivity index (χ0) is 60.0. The van der Waals surface area contributed by atoms with Gasteiger partial charge in [-0.2, -0.15) is 0 Å². The second-order valence-corrected chi connectivity index (χ2v) is 20.3. The zero-order valence-electron chi connectivity index (χ0n) is 46.6. The van der Waals surface area contributed by atoms with Gasteiger partial charge in [0.2, 0.25) is 59.1 Å². The van der Waals surface area contributed by atoms with Gasteiger partial charge in [0, 0.05) is 13.6 Å². The van der Waals surface area contributed by atoms with Crippen LogP contribution < -0.4 is 59.7 Å². The van der Waals surface area contributed by atoms with Gasteiger partial charge in [-0.1, -0.05) is 78.4 Å². The molecular weight excluding hydrogens is 1030 g/mol. The molecule has 2 rings (SSSR count). The number of carbonyl (C=O) groups excluding carboxylic acids is 13. The number of likely N-dealkylation sites (N-methyl/N-ethyl adjacent to an activating group) is 1. The molecule has 2 aliphatic rings. The maximum Gasteiger partial charge on any atom is 0.268 e. The highest BCUT2D eigenvalue weighted by atomic mass is 16.3. The Morgan fingerprint density at radius 2 is 1.14 bits per heavy atom. The largest absolute Gasteiger partial charge is 0.391 e. The van der Waals surface area contributed by atoms with Gasteiger partial charge in [-0.3, -0.25) is 62.3 Å². The summed E-state index contributed by atoms with van der Waals surface area (Å²) in [4.78, 5) is 178. The van der Waals surface area contributed by atoms with Gasteiger partial charge < -0.3 is 79.7 Å². The van der Waals surface area contributed by atoms with Crippen LogP contribution >= 0.6 is 0 Å². The Bertz CT molecular complexity index is 2320. The molecule has 2 heterocycles. The molecule has 442 valence electrons. The van der Waals surface area contributed by atoms with Crippen LogP contribution in [-0.2, 0) is 62.3 Å². The first-order valence-corrected chi connectivity index (χ1v) is 26.6. The van der Waals surface area contributed by atoms with Gasteiger partial charge in [0.15, 0.2) is 6.10 Å². The first-order valence-electron chi connectivity index (χ1n) is 26.6. The van der Waals surface area contributed by atoms with Gasteiger partial charge in [-0.05, 0) is 58.8 Å². The van der Waals surface area contributed by atoms with Crippen LogP contribution in [-0.4, -0.2) is 171 Å². The minimum atomic E-state index is -2.02. The average molecular weight is 1120 g/mol. The number of allylic oxidation sites excluding steroid dienone is 2. The van der Waals surface area contributed by atoms with Gasteiger partial charge >= 0.3 is 0 Å². The lowest BCUT2D eigenvalue weighted by molar-refractivity contribution is -0.151. The summed E-state index contributed by atoms with van der Waals surface area (Å²) in [6.45, 7) is 11.7. The van der Waals surface area contributed by atoms with Gasteiger partial charge in [0.05, 0.1) is 31.4 Å². The topological polar surface area (TPSA) is 443 Å². The third kappa shape index (κ3) is 20.7. The summed E-state index contributed by atoms with van der Waals surface area (Å²) >= 11 is 0. The van der Waals surface area contributed by atoms with Gasteiger partial charge in [0.25, 0.3) is 17.7 Å². The van der Waals surface area contributed by atoms with Crippen molar-refractivity contribution in [2.24, 2.45) is 29.0 Å². The number of fused-ring (bicyclic) bond motifs is 1. The van der Waals surface area contributed by atoms with Gasteiger partial charge in [-0.15, -0.1) is 0 Å². The monoisotopic (exact) mass is 1120 g/mol. The SMILES string of the molecule is C/C=C1\NC(=O)[C@H](CC(N)=O)NC(=O)/C(=C\C)NC(=O)[C@H](C(C)C)NC(=O)[C@H](O)[C@@H]([C@@H](C)CCCCCCCC)NC(=O)[C@@H]2CCCN2C(=O)[C@H](CC(N)=O)N(C)C(=O)[C@H]([C@@H](C)O)NC(=O)[C@@H](C)NC(=O)[C@H](CC(N)=O)NC1=O. The summed E-state index contributed by atoms with van der Waals surface area (Å²) < 4.78 is 0. The van der Waals surface area contributed by atoms with Crippen molar-refractivity contribution in [3.05, 3.63) is 23.5 Å². The standard InChI is InChI=1S/C51H83N13O15/c1-10-13-14-15-16-17-19-26(6)39-41(69)49(77)60-38(25(4)5)48(76)57-30(12-3)44(72)59-32(23-36(53)67)46(74)56-29(11-2)43(71)58-31(22-35(52)66)45(73)55-27(7)42(70)62-40(28(8)65)51(79)63(9)34(24-37(54)68)50(78)64-21-18-20-33(64)47(75)61-39/h11-12,25-28,31-34,38-41,65,69H,10,13-24H2,1-9H3,(H2,52,66)(H2,53,67)(H2,54,68)(H,55,73)(H,56,74)(H,57,76)(H,58,71)(H,59,72)(H,60,77)(H,61,75)(H,62,70)/b29-11-,30-12+/t26-,27+,28+,31-,32-,33-,34-,38-,39+,40-,41+/m0/s1. The molecule has 0 radical (unpaired) electrons. The molecule has 28 nitrogen and oxygen atoms in total. The van der Waals surface area contributed by atoms with Crippen LogP contribution in [0.3, 0.4) is 0 Å². The van der Waals surface area contributed by atoms with E-state index in [2.05, 4.69) is 49.5 Å². The van der Waals surface area contributed by atoms with Crippen LogP contribution in [0.2, 0.25) is 0 Å². The van der Waals surface area contributed by atoms with Crippen molar-refractivity contribution in [3.8, 4) is 0 Å². The van der Waals surface area contributed by atoms with E-state index in [-0.39, 0.29) is 19.4 Å². The van der Waals surface area contributed by atoms with E-state index in [1.807, 2.05) is 0 Å². The van der Waals surface area contributed by atoms with E-state index >= 15 is 0 Å². The number of primary amides is 3. The van der Waals surface area contributed by atoms with Crippen LogP contribution in [0.1, 0.15) is 132 Å². The fraction of sp³-hybridized carbons (Fsp3) is 0.667. The summed E-state index contributed by atoms with van der Waals surface area (Å²) in [5.74, 6) is -15.4. The van der Waals surface area contributed by atoms with E-state index in [1.165, 1.54) is 13.8 Å². The van der Waals surface area contributed by atoms with Crippen molar-refractivity contribution >= 4 is 76.8 Å². The summed E-state index contributed by atoms with van der Waals surface area (Å²) in [5, 5.41) is 41.5. The van der Waals surface area contributed by atoms with Crippen molar-refractivity contribution in [2.45, 2.75) is 193 Å². The quantitative estimate of drug-likeness (QED) is 0.0521. The third-order valence-corrected chi connectivity index (χ3v) is 13.6. The maximum absolute atomic E-state index is 14.5. The fourth-order valence-corrected chi connectivity index (χ4v) is 8.89. The zero-order valence-corrected chi connectivity index (χ0v) is 46.6. The predicted octanol–water partition coefficient (Wildman–Crippen LogP) is -3.80. The Labute approximate surface area is 459 Å². The van der Waals surface area contributed by atoms with E-state index in [9.17, 15) is 72.5 Å². The Hall–Kier alpha value is -7.49. The smallest absolute Gasteiger partial charge is 0.268 e. The molecule has 0 aromatic rings. The van der Waals surface area contributed by atoms with Crippen molar-refractivity contribution in [3.63, 3.8) is 0 Å². The summed E-state index contributed by atoms with van der Waals surface area (Å²) in [7, 11) is 1.10. The molecule has 79 heavy (non-hydrogen) atoms. The molecule has 0 aromatic heterocycles. The van der Waals surface area contributed by atoms with E-state index in [4.69, 9.17) is 17.2 Å². The van der Waals surface area contributed by atoms with Crippen LogP contribution in [0, 0.1) is 11.8 Å². The summed E-state index contributed by atoms with van der Waals surface area (Å²) in [5.41, 5.74) is 15.3. The molecule has 0 unspecified atom stereocenters. The maximum atomic E-state index is 14.5.